The highest BCUT2D eigenvalue weighted by Gasteiger charge is 2.33. The molecule has 1 amide bonds. The molecule has 3 rings (SSSR count). The number of nitrogens with one attached hydrogen (secondary N) is 3. The molecule has 0 radical (unpaired) electrons. The molecule has 0 aromatic heterocycles. The van der Waals surface area contributed by atoms with Crippen LogP contribution < -0.4 is 15.6 Å². The lowest BCUT2D eigenvalue weighted by atomic mass is 10.2. The molecule has 3 N–H and O–H groups in total. The molecule has 0 aliphatic carbocycles. The van der Waals surface area contributed by atoms with Crippen molar-refractivity contribution in [3.05, 3.63) is 90.0 Å². The molecule has 30 heavy (non-hydrogen) atoms. The summed E-state index contributed by atoms with van der Waals surface area (Å²) < 4.78 is 66.2. The second-order valence-corrected chi connectivity index (χ2v) is 7.80. The minimum atomic E-state index is -4.59. The van der Waals surface area contributed by atoms with E-state index in [1.807, 2.05) is 0 Å². The predicted molar refractivity (Wildman–Crippen MR) is 106 cm³/mol. The number of hydrazine groups is 1. The van der Waals surface area contributed by atoms with Crippen molar-refractivity contribution in [3.63, 3.8) is 0 Å². The first-order valence-corrected chi connectivity index (χ1v) is 10.1. The van der Waals surface area contributed by atoms with E-state index >= 15 is 0 Å². The van der Waals surface area contributed by atoms with Gasteiger partial charge in [-0.25, -0.2) is 8.42 Å². The molecule has 156 valence electrons. The SMILES string of the molecule is O=C(NNc1ccccc1C(F)(F)F)c1ccc(S(=O)(=O)Nc2ccccc2)cc1. The molecule has 0 heterocycles. The van der Waals surface area contributed by atoms with Gasteiger partial charge in [0.25, 0.3) is 15.9 Å². The van der Waals surface area contributed by atoms with Gasteiger partial charge in [-0.1, -0.05) is 30.3 Å². The summed E-state index contributed by atoms with van der Waals surface area (Å²) >= 11 is 0. The van der Waals surface area contributed by atoms with Gasteiger partial charge in [-0.2, -0.15) is 13.2 Å². The predicted octanol–water partition coefficient (Wildman–Crippen LogP) is 4.26. The minimum absolute atomic E-state index is 0.0608. The Bertz CT molecular complexity index is 1130. The van der Waals surface area contributed by atoms with E-state index in [1.165, 1.54) is 42.5 Å². The van der Waals surface area contributed by atoms with Gasteiger partial charge in [-0.15, -0.1) is 0 Å². The Morgan fingerprint density at radius 1 is 0.800 bits per heavy atom. The molecule has 0 bridgehead atoms. The van der Waals surface area contributed by atoms with Crippen molar-refractivity contribution in [2.45, 2.75) is 11.1 Å². The van der Waals surface area contributed by atoms with Gasteiger partial charge in [0.1, 0.15) is 0 Å². The Kier molecular flexibility index (Phi) is 5.97. The van der Waals surface area contributed by atoms with Crippen molar-refractivity contribution < 1.29 is 26.4 Å². The number of hydrogen-bond acceptors (Lipinski definition) is 4. The number of halogens is 3. The Morgan fingerprint density at radius 3 is 2.03 bits per heavy atom. The van der Waals surface area contributed by atoms with E-state index in [1.54, 1.807) is 30.3 Å². The number of carbonyl (C=O) groups excluding carboxylic acids is 1. The van der Waals surface area contributed by atoms with E-state index < -0.39 is 27.7 Å². The summed E-state index contributed by atoms with van der Waals surface area (Å²) in [6.07, 6.45) is -4.59. The van der Waals surface area contributed by atoms with E-state index in [4.69, 9.17) is 0 Å². The van der Waals surface area contributed by atoms with Crippen molar-refractivity contribution in [2.24, 2.45) is 0 Å². The number of sulfonamides is 1. The molecule has 3 aromatic rings. The monoisotopic (exact) mass is 435 g/mol. The smallest absolute Gasteiger partial charge is 0.298 e. The molecular formula is C20H16F3N3O3S. The lowest BCUT2D eigenvalue weighted by Crippen LogP contribution is -2.30. The zero-order valence-corrected chi connectivity index (χ0v) is 16.1. The first-order chi connectivity index (χ1) is 14.2. The van der Waals surface area contributed by atoms with Gasteiger partial charge >= 0.3 is 6.18 Å². The van der Waals surface area contributed by atoms with Crippen molar-refractivity contribution in [1.29, 1.82) is 0 Å². The number of rotatable bonds is 6. The number of carbonyl (C=O) groups is 1. The van der Waals surface area contributed by atoms with E-state index in [0.29, 0.717) is 5.69 Å². The summed E-state index contributed by atoms with van der Waals surface area (Å²) in [4.78, 5) is 12.1. The van der Waals surface area contributed by atoms with Crippen LogP contribution in [0.5, 0.6) is 0 Å². The summed E-state index contributed by atoms with van der Waals surface area (Å²) in [6, 6.07) is 17.9. The van der Waals surface area contributed by atoms with Crippen LogP contribution in [0.2, 0.25) is 0 Å². The molecule has 0 atom stereocenters. The van der Waals surface area contributed by atoms with Crippen LogP contribution in [0.3, 0.4) is 0 Å². The Labute approximate surface area is 170 Å². The molecule has 0 aliphatic rings. The van der Waals surface area contributed by atoms with Gasteiger partial charge < -0.3 is 0 Å². The van der Waals surface area contributed by atoms with Gasteiger partial charge in [0, 0.05) is 11.3 Å². The summed E-state index contributed by atoms with van der Waals surface area (Å²) in [7, 11) is -3.86. The van der Waals surface area contributed by atoms with Crippen LogP contribution in [0, 0.1) is 0 Å². The summed E-state index contributed by atoms with van der Waals surface area (Å²) in [6.45, 7) is 0. The molecule has 0 unspecified atom stereocenters. The summed E-state index contributed by atoms with van der Waals surface area (Å²) in [5.74, 6) is -0.730. The van der Waals surface area contributed by atoms with Gasteiger partial charge in [-0.05, 0) is 48.5 Å². The average molecular weight is 435 g/mol. The second-order valence-electron chi connectivity index (χ2n) is 6.12. The van der Waals surface area contributed by atoms with E-state index in [0.717, 1.165) is 6.07 Å². The highest BCUT2D eigenvalue weighted by atomic mass is 32.2. The van der Waals surface area contributed by atoms with Crippen molar-refractivity contribution in [3.8, 4) is 0 Å². The van der Waals surface area contributed by atoms with Crippen molar-refractivity contribution >= 4 is 27.3 Å². The zero-order chi connectivity index (χ0) is 21.8. The molecule has 0 fully saturated rings. The molecule has 0 saturated carbocycles. The second kappa shape index (κ2) is 8.46. The number of alkyl halides is 3. The fourth-order valence-corrected chi connectivity index (χ4v) is 3.60. The van der Waals surface area contributed by atoms with Crippen molar-refractivity contribution in [1.82, 2.24) is 5.43 Å². The highest BCUT2D eigenvalue weighted by molar-refractivity contribution is 7.92. The topological polar surface area (TPSA) is 87.3 Å². The average Bonchev–Trinajstić information content (AvgIpc) is 2.72. The van der Waals surface area contributed by atoms with Gasteiger partial charge in [0.2, 0.25) is 0 Å². The molecule has 0 saturated heterocycles. The quantitative estimate of drug-likeness (QED) is 0.505. The van der Waals surface area contributed by atoms with Gasteiger partial charge in [0.05, 0.1) is 16.1 Å². The molecular weight excluding hydrogens is 419 g/mol. The third kappa shape index (κ3) is 5.09. The maximum Gasteiger partial charge on any atom is 0.418 e. The molecule has 0 aliphatic heterocycles. The van der Waals surface area contributed by atoms with Gasteiger partial charge in [-0.3, -0.25) is 20.4 Å². The third-order valence-electron chi connectivity index (χ3n) is 4.00. The lowest BCUT2D eigenvalue weighted by Gasteiger charge is -2.15. The minimum Gasteiger partial charge on any atom is -0.298 e. The maximum atomic E-state index is 13.0. The standard InChI is InChI=1S/C20H16F3N3O3S/c21-20(22,23)17-8-4-5-9-18(17)24-25-19(27)14-10-12-16(13-11-14)30(28,29)26-15-6-2-1-3-7-15/h1-13,24,26H,(H,25,27). The van der Waals surface area contributed by atoms with Gasteiger partial charge in [0.15, 0.2) is 0 Å². The van der Waals surface area contributed by atoms with Crippen LogP contribution in [0.4, 0.5) is 24.5 Å². The fraction of sp³-hybridized carbons (Fsp3) is 0.0500. The number of hydrogen-bond donors (Lipinski definition) is 3. The largest absolute Gasteiger partial charge is 0.418 e. The third-order valence-corrected chi connectivity index (χ3v) is 5.39. The fourth-order valence-electron chi connectivity index (χ4n) is 2.54. The number of amides is 1. The summed E-state index contributed by atoms with van der Waals surface area (Å²) in [5, 5.41) is 0. The van der Waals surface area contributed by atoms with Crippen LogP contribution in [-0.2, 0) is 16.2 Å². The molecule has 6 nitrogen and oxygen atoms in total. The van der Waals surface area contributed by atoms with Crippen molar-refractivity contribution in [2.75, 3.05) is 10.1 Å². The van der Waals surface area contributed by atoms with E-state index in [9.17, 15) is 26.4 Å². The molecule has 10 heteroatoms. The van der Waals surface area contributed by atoms with E-state index in [-0.39, 0.29) is 16.1 Å². The Hall–Kier alpha value is -3.53. The van der Waals surface area contributed by atoms with Crippen LogP contribution >= 0.6 is 0 Å². The first-order valence-electron chi connectivity index (χ1n) is 8.57. The van der Waals surface area contributed by atoms with E-state index in [2.05, 4.69) is 15.6 Å². The number of benzene rings is 3. The van der Waals surface area contributed by atoms with Crippen LogP contribution in [0.15, 0.2) is 83.8 Å². The summed E-state index contributed by atoms with van der Waals surface area (Å²) in [5.41, 5.74) is 3.61. The molecule has 0 spiro atoms. The highest BCUT2D eigenvalue weighted by Crippen LogP contribution is 2.34. The zero-order valence-electron chi connectivity index (χ0n) is 15.3. The Balaban J connectivity index is 1.69. The first kappa shape index (κ1) is 21.2. The van der Waals surface area contributed by atoms with Crippen LogP contribution in [0.25, 0.3) is 0 Å². The number of para-hydroxylation sites is 2. The number of anilines is 2. The van der Waals surface area contributed by atoms with Crippen LogP contribution in [-0.4, -0.2) is 14.3 Å². The normalized spacial score (nSPS) is 11.6. The lowest BCUT2D eigenvalue weighted by molar-refractivity contribution is -0.137. The molecule has 3 aromatic carbocycles. The maximum absolute atomic E-state index is 13.0. The Morgan fingerprint density at radius 2 is 1.40 bits per heavy atom. The van der Waals surface area contributed by atoms with Crippen LogP contribution in [0.1, 0.15) is 15.9 Å².